The van der Waals surface area contributed by atoms with E-state index in [-0.39, 0.29) is 5.91 Å². The number of rotatable bonds is 3. The van der Waals surface area contributed by atoms with Crippen molar-refractivity contribution < 1.29 is 4.79 Å². The predicted octanol–water partition coefficient (Wildman–Crippen LogP) is 2.15. The molecule has 4 rings (SSSR count). The summed E-state index contributed by atoms with van der Waals surface area (Å²) in [7, 11) is 0. The van der Waals surface area contributed by atoms with Crippen LogP contribution >= 0.6 is 0 Å². The smallest absolute Gasteiger partial charge is 0.255 e. The normalized spacial score (nSPS) is 20.6. The lowest BCUT2D eigenvalue weighted by Gasteiger charge is -2.50. The largest absolute Gasteiger partial charge is 0.352 e. The molecular weight excluding hydrogens is 288 g/mol. The Balaban J connectivity index is 1.38. The van der Waals surface area contributed by atoms with Crippen LogP contribution in [0.25, 0.3) is 5.52 Å². The first-order chi connectivity index (χ1) is 11.2. The molecule has 23 heavy (non-hydrogen) atoms. The second-order valence-corrected chi connectivity index (χ2v) is 7.23. The average Bonchev–Trinajstić information content (AvgIpc) is 2.87. The summed E-state index contributed by atoms with van der Waals surface area (Å²) in [5.41, 5.74) is 2.95. The van der Waals surface area contributed by atoms with Gasteiger partial charge in [0.2, 0.25) is 0 Å². The maximum atomic E-state index is 12.6. The van der Waals surface area contributed by atoms with Crippen LogP contribution in [0.2, 0.25) is 0 Å². The van der Waals surface area contributed by atoms with Crippen molar-refractivity contribution in [3.8, 4) is 0 Å². The molecule has 0 unspecified atom stereocenters. The van der Waals surface area contributed by atoms with Crippen LogP contribution in [0.15, 0.2) is 24.4 Å². The van der Waals surface area contributed by atoms with E-state index >= 15 is 0 Å². The Hall–Kier alpha value is -1.88. The highest BCUT2D eigenvalue weighted by Gasteiger charge is 2.44. The van der Waals surface area contributed by atoms with Crippen molar-refractivity contribution >= 4 is 11.4 Å². The van der Waals surface area contributed by atoms with E-state index in [0.29, 0.717) is 16.9 Å². The zero-order chi connectivity index (χ0) is 15.9. The van der Waals surface area contributed by atoms with Gasteiger partial charge in [0.15, 0.2) is 0 Å². The molecule has 5 heteroatoms. The molecule has 2 fully saturated rings. The zero-order valence-corrected chi connectivity index (χ0v) is 13.6. The van der Waals surface area contributed by atoms with E-state index < -0.39 is 0 Å². The Labute approximate surface area is 136 Å². The van der Waals surface area contributed by atoms with Gasteiger partial charge in [0.05, 0.1) is 16.8 Å². The number of pyridine rings is 1. The number of hydrogen-bond donors (Lipinski definition) is 2. The molecule has 2 N–H and O–H groups in total. The standard InChI is InChI=1S/C18H24N4O/c1-13-16(15-4-2-3-9-22(15)21-13)17(23)20-12-14-10-18(11-14)5-7-19-8-6-18/h2-4,9,14,19H,5-8,10-12H2,1H3,(H,20,23). The number of carbonyl (C=O) groups is 1. The van der Waals surface area contributed by atoms with E-state index in [1.807, 2.05) is 31.3 Å². The summed E-state index contributed by atoms with van der Waals surface area (Å²) in [6.07, 6.45) is 7.01. The summed E-state index contributed by atoms with van der Waals surface area (Å²) in [6, 6.07) is 5.82. The molecule has 0 aromatic carbocycles. The third-order valence-corrected chi connectivity index (χ3v) is 5.60. The van der Waals surface area contributed by atoms with Crippen LogP contribution in [0.4, 0.5) is 0 Å². The molecule has 2 aromatic rings. The van der Waals surface area contributed by atoms with Crippen LogP contribution in [-0.2, 0) is 0 Å². The summed E-state index contributed by atoms with van der Waals surface area (Å²) in [5.74, 6) is 0.647. The second kappa shape index (κ2) is 5.64. The lowest BCUT2D eigenvalue weighted by Crippen LogP contribution is -2.48. The van der Waals surface area contributed by atoms with Gasteiger partial charge in [0, 0.05) is 12.7 Å². The first-order valence-electron chi connectivity index (χ1n) is 8.60. The fourth-order valence-electron chi connectivity index (χ4n) is 4.40. The van der Waals surface area contributed by atoms with Crippen LogP contribution in [0.5, 0.6) is 0 Å². The van der Waals surface area contributed by atoms with Gasteiger partial charge >= 0.3 is 0 Å². The van der Waals surface area contributed by atoms with E-state index in [4.69, 9.17) is 0 Å². The van der Waals surface area contributed by atoms with Crippen LogP contribution in [-0.4, -0.2) is 35.2 Å². The Morgan fingerprint density at radius 3 is 2.96 bits per heavy atom. The molecule has 1 aliphatic heterocycles. The number of aromatic nitrogens is 2. The maximum Gasteiger partial charge on any atom is 0.255 e. The number of fused-ring (bicyclic) bond motifs is 1. The highest BCUT2D eigenvalue weighted by Crippen LogP contribution is 2.51. The van der Waals surface area contributed by atoms with Gasteiger partial charge in [-0.3, -0.25) is 4.79 Å². The summed E-state index contributed by atoms with van der Waals surface area (Å²) >= 11 is 0. The number of piperidine rings is 1. The van der Waals surface area contributed by atoms with Gasteiger partial charge in [-0.25, -0.2) is 4.52 Å². The van der Waals surface area contributed by atoms with E-state index in [2.05, 4.69) is 15.7 Å². The molecule has 122 valence electrons. The summed E-state index contributed by atoms with van der Waals surface area (Å²) in [5, 5.41) is 11.0. The van der Waals surface area contributed by atoms with E-state index in [1.165, 1.54) is 25.7 Å². The molecule has 3 heterocycles. The Kier molecular flexibility index (Phi) is 3.60. The number of nitrogens with zero attached hydrogens (tertiary/aromatic N) is 2. The molecular formula is C18H24N4O. The van der Waals surface area contributed by atoms with Gasteiger partial charge in [0.25, 0.3) is 5.91 Å². The van der Waals surface area contributed by atoms with Gasteiger partial charge < -0.3 is 10.6 Å². The number of amides is 1. The minimum absolute atomic E-state index is 0.00922. The molecule has 0 radical (unpaired) electrons. The zero-order valence-electron chi connectivity index (χ0n) is 13.6. The molecule has 0 bridgehead atoms. The van der Waals surface area contributed by atoms with Crippen molar-refractivity contribution in [1.82, 2.24) is 20.2 Å². The van der Waals surface area contributed by atoms with Crippen LogP contribution in [0, 0.1) is 18.3 Å². The highest BCUT2D eigenvalue weighted by atomic mass is 16.1. The fraction of sp³-hybridized carbons (Fsp3) is 0.556. The SMILES string of the molecule is Cc1nn2ccccc2c1C(=O)NCC1CC2(CCNCC2)C1. The molecule has 1 spiro atoms. The topological polar surface area (TPSA) is 58.4 Å². The number of nitrogens with one attached hydrogen (secondary N) is 2. The lowest BCUT2D eigenvalue weighted by atomic mass is 9.58. The first kappa shape index (κ1) is 14.7. The van der Waals surface area contributed by atoms with Crippen LogP contribution in [0.1, 0.15) is 41.7 Å². The molecule has 2 aliphatic rings. The van der Waals surface area contributed by atoms with Gasteiger partial charge in [-0.2, -0.15) is 5.10 Å². The summed E-state index contributed by atoms with van der Waals surface area (Å²) in [6.45, 7) is 4.99. The van der Waals surface area contributed by atoms with Crippen molar-refractivity contribution in [3.05, 3.63) is 35.7 Å². The van der Waals surface area contributed by atoms with Crippen molar-refractivity contribution in [2.75, 3.05) is 19.6 Å². The first-order valence-corrected chi connectivity index (χ1v) is 8.60. The number of aryl methyl sites for hydroxylation is 1. The van der Waals surface area contributed by atoms with Crippen LogP contribution in [0.3, 0.4) is 0 Å². The van der Waals surface area contributed by atoms with Crippen LogP contribution < -0.4 is 10.6 Å². The van der Waals surface area contributed by atoms with Crippen molar-refractivity contribution in [2.45, 2.75) is 32.6 Å². The number of hydrogen-bond acceptors (Lipinski definition) is 3. The third-order valence-electron chi connectivity index (χ3n) is 5.60. The molecule has 2 aromatic heterocycles. The average molecular weight is 312 g/mol. The van der Waals surface area contributed by atoms with Crippen molar-refractivity contribution in [3.63, 3.8) is 0 Å². The van der Waals surface area contributed by atoms with Crippen molar-refractivity contribution in [2.24, 2.45) is 11.3 Å². The van der Waals surface area contributed by atoms with Gasteiger partial charge in [-0.15, -0.1) is 0 Å². The highest BCUT2D eigenvalue weighted by molar-refractivity contribution is 6.01. The van der Waals surface area contributed by atoms with E-state index in [1.54, 1.807) is 4.52 Å². The molecule has 1 saturated heterocycles. The quantitative estimate of drug-likeness (QED) is 0.913. The lowest BCUT2D eigenvalue weighted by molar-refractivity contribution is 0.0220. The Morgan fingerprint density at radius 1 is 1.39 bits per heavy atom. The maximum absolute atomic E-state index is 12.6. The minimum Gasteiger partial charge on any atom is -0.352 e. The number of carbonyl (C=O) groups excluding carboxylic acids is 1. The molecule has 1 aliphatic carbocycles. The molecule has 5 nitrogen and oxygen atoms in total. The third kappa shape index (κ3) is 2.63. The van der Waals surface area contributed by atoms with Gasteiger partial charge in [-0.05, 0) is 69.2 Å². The summed E-state index contributed by atoms with van der Waals surface area (Å²) in [4.78, 5) is 12.6. The summed E-state index contributed by atoms with van der Waals surface area (Å²) < 4.78 is 1.78. The Morgan fingerprint density at radius 2 is 2.17 bits per heavy atom. The predicted molar refractivity (Wildman–Crippen MR) is 89.5 cm³/mol. The fourth-order valence-corrected chi connectivity index (χ4v) is 4.40. The molecule has 1 amide bonds. The van der Waals surface area contributed by atoms with Gasteiger partial charge in [-0.1, -0.05) is 6.07 Å². The molecule has 0 atom stereocenters. The molecule has 1 saturated carbocycles. The van der Waals surface area contributed by atoms with Gasteiger partial charge in [0.1, 0.15) is 0 Å². The minimum atomic E-state index is 0.00922. The van der Waals surface area contributed by atoms with Crippen molar-refractivity contribution in [1.29, 1.82) is 0 Å². The van der Waals surface area contributed by atoms with E-state index in [0.717, 1.165) is 30.8 Å². The van der Waals surface area contributed by atoms with E-state index in [9.17, 15) is 4.79 Å². The monoisotopic (exact) mass is 312 g/mol. The second-order valence-electron chi connectivity index (χ2n) is 7.23. The Bertz CT molecular complexity index is 722.